The van der Waals surface area contributed by atoms with Crippen molar-refractivity contribution in [2.24, 2.45) is 0 Å². The summed E-state index contributed by atoms with van der Waals surface area (Å²) >= 11 is 0. The van der Waals surface area contributed by atoms with Gasteiger partial charge in [0.1, 0.15) is 0 Å². The van der Waals surface area contributed by atoms with Crippen LogP contribution in [0.15, 0.2) is 0 Å². The van der Waals surface area contributed by atoms with Crippen LogP contribution in [0.2, 0.25) is 0 Å². The van der Waals surface area contributed by atoms with E-state index in [1.54, 1.807) is 0 Å². The summed E-state index contributed by atoms with van der Waals surface area (Å²) in [6, 6.07) is 0.230. The summed E-state index contributed by atoms with van der Waals surface area (Å²) < 4.78 is 4.92. The lowest BCUT2D eigenvalue weighted by molar-refractivity contribution is 0.303. The molecule has 0 fully saturated rings. The molecule has 0 radical (unpaired) electrons. The highest BCUT2D eigenvalue weighted by atomic mass is 16.5. The molecular weight excluding hydrogens is 232 g/mol. The first-order chi connectivity index (χ1) is 8.69. The fourth-order valence-corrected chi connectivity index (χ4v) is 1.59. The van der Waals surface area contributed by atoms with E-state index in [2.05, 4.69) is 39.0 Å². The van der Waals surface area contributed by atoms with Crippen LogP contribution in [0.4, 0.5) is 11.9 Å². The lowest BCUT2D eigenvalue weighted by Crippen LogP contribution is -2.25. The fourth-order valence-electron chi connectivity index (χ4n) is 1.59. The second kappa shape index (κ2) is 7.65. The summed E-state index contributed by atoms with van der Waals surface area (Å²) in [6.07, 6.45) is 1.02. The molecule has 0 bridgehead atoms. The summed E-state index contributed by atoms with van der Waals surface area (Å²) in [4.78, 5) is 14.2. The molecule has 1 aromatic rings. The van der Waals surface area contributed by atoms with Crippen LogP contribution in [0, 0.1) is 0 Å². The number of aromatic nitrogens is 3. The summed E-state index contributed by atoms with van der Waals surface area (Å²) in [6.45, 7) is 8.32. The second-order valence-electron chi connectivity index (χ2n) is 3.81. The number of hydrogen-bond acceptors (Lipinski definition) is 7. The van der Waals surface area contributed by atoms with Gasteiger partial charge in [0, 0.05) is 6.54 Å². The van der Waals surface area contributed by atoms with E-state index in [1.165, 1.54) is 7.11 Å². The largest absolute Gasteiger partial charge is 0.467 e. The summed E-state index contributed by atoms with van der Waals surface area (Å²) in [7, 11) is 1.50. The van der Waals surface area contributed by atoms with Gasteiger partial charge in [0.25, 0.3) is 0 Å². The van der Waals surface area contributed by atoms with Crippen molar-refractivity contribution in [3.63, 3.8) is 0 Å². The average Bonchev–Trinajstić information content (AvgIpc) is 2.38. The van der Waals surface area contributed by atoms with Gasteiger partial charge in [-0.05, 0) is 26.1 Å². The zero-order valence-corrected chi connectivity index (χ0v) is 11.3. The molecule has 0 saturated heterocycles. The number of nitrogens with zero attached hydrogens (tertiary/aromatic N) is 4. The number of nitrogens with two attached hydrogens (primary N) is 1. The molecule has 0 atom stereocenters. The van der Waals surface area contributed by atoms with Crippen molar-refractivity contribution in [2.75, 3.05) is 44.3 Å². The number of ether oxygens (including phenoxy) is 1. The van der Waals surface area contributed by atoms with E-state index < -0.39 is 0 Å². The minimum atomic E-state index is 0.160. The highest BCUT2D eigenvalue weighted by molar-refractivity contribution is 5.32. The Morgan fingerprint density at radius 3 is 2.56 bits per heavy atom. The van der Waals surface area contributed by atoms with E-state index in [4.69, 9.17) is 10.5 Å². The quantitative estimate of drug-likeness (QED) is 0.657. The van der Waals surface area contributed by atoms with Crippen molar-refractivity contribution < 1.29 is 4.74 Å². The third kappa shape index (κ3) is 4.70. The van der Waals surface area contributed by atoms with Gasteiger partial charge in [0.15, 0.2) is 0 Å². The third-order valence-corrected chi connectivity index (χ3v) is 2.64. The Kier molecular flexibility index (Phi) is 6.13. The number of hydrogen-bond donors (Lipinski definition) is 2. The first kappa shape index (κ1) is 14.4. The number of rotatable bonds is 8. The Morgan fingerprint density at radius 2 is 1.94 bits per heavy atom. The van der Waals surface area contributed by atoms with Gasteiger partial charge < -0.3 is 20.7 Å². The maximum absolute atomic E-state index is 5.54. The van der Waals surface area contributed by atoms with Crippen LogP contribution in [-0.2, 0) is 0 Å². The van der Waals surface area contributed by atoms with E-state index in [0.29, 0.717) is 5.95 Å². The molecular formula is C11H22N6O. The molecule has 18 heavy (non-hydrogen) atoms. The van der Waals surface area contributed by atoms with Crippen LogP contribution < -0.4 is 15.8 Å². The zero-order chi connectivity index (χ0) is 13.4. The van der Waals surface area contributed by atoms with Gasteiger partial charge in [0.2, 0.25) is 11.9 Å². The smallest absolute Gasteiger partial charge is 0.322 e. The molecule has 1 rings (SSSR count). The Bertz CT molecular complexity index is 355. The number of anilines is 2. The summed E-state index contributed by atoms with van der Waals surface area (Å²) in [5.41, 5.74) is 5.54. The predicted molar refractivity (Wildman–Crippen MR) is 71.7 cm³/mol. The third-order valence-electron chi connectivity index (χ3n) is 2.64. The average molecular weight is 254 g/mol. The first-order valence-corrected chi connectivity index (χ1v) is 6.21. The minimum absolute atomic E-state index is 0.160. The molecule has 102 valence electrons. The highest BCUT2D eigenvalue weighted by Gasteiger charge is 2.04. The molecule has 0 unspecified atom stereocenters. The molecule has 1 heterocycles. The van der Waals surface area contributed by atoms with Crippen LogP contribution in [0.1, 0.15) is 20.3 Å². The van der Waals surface area contributed by atoms with Crippen LogP contribution in [0.3, 0.4) is 0 Å². The zero-order valence-electron chi connectivity index (χ0n) is 11.3. The molecule has 0 amide bonds. The van der Waals surface area contributed by atoms with Gasteiger partial charge in [-0.2, -0.15) is 15.0 Å². The van der Waals surface area contributed by atoms with Gasteiger partial charge in [-0.1, -0.05) is 13.8 Å². The molecule has 0 aromatic carbocycles. The number of methoxy groups -OCH3 is 1. The monoisotopic (exact) mass is 254 g/mol. The van der Waals surface area contributed by atoms with Crippen molar-refractivity contribution in [1.82, 2.24) is 19.9 Å². The topological polar surface area (TPSA) is 89.2 Å². The van der Waals surface area contributed by atoms with Gasteiger partial charge in [0.05, 0.1) is 7.11 Å². The normalized spacial score (nSPS) is 10.7. The van der Waals surface area contributed by atoms with E-state index >= 15 is 0 Å². The van der Waals surface area contributed by atoms with Crippen molar-refractivity contribution in [2.45, 2.75) is 20.3 Å². The van der Waals surface area contributed by atoms with E-state index in [0.717, 1.165) is 32.6 Å². The molecule has 0 spiro atoms. The van der Waals surface area contributed by atoms with Gasteiger partial charge in [-0.15, -0.1) is 0 Å². The van der Waals surface area contributed by atoms with Crippen LogP contribution >= 0.6 is 0 Å². The summed E-state index contributed by atoms with van der Waals surface area (Å²) in [5.74, 6) is 0.618. The van der Waals surface area contributed by atoms with Gasteiger partial charge >= 0.3 is 6.01 Å². The predicted octanol–water partition coefficient (Wildman–Crippen LogP) is 0.606. The Morgan fingerprint density at radius 1 is 1.22 bits per heavy atom. The Balaban J connectivity index is 2.37. The molecule has 3 N–H and O–H groups in total. The van der Waals surface area contributed by atoms with Crippen LogP contribution in [-0.4, -0.2) is 53.1 Å². The first-order valence-electron chi connectivity index (χ1n) is 6.21. The maximum atomic E-state index is 5.54. The standard InChI is InChI=1S/C11H22N6O/c1-4-17(5-2)8-6-7-13-10-14-9(12)15-11(16-10)18-3/h4-8H2,1-3H3,(H3,12,13,14,15,16). The molecule has 0 aliphatic rings. The lowest BCUT2D eigenvalue weighted by Gasteiger charge is -2.17. The highest BCUT2D eigenvalue weighted by Crippen LogP contribution is 2.07. The lowest BCUT2D eigenvalue weighted by atomic mass is 10.3. The number of nitrogens with one attached hydrogen (secondary N) is 1. The van der Waals surface area contributed by atoms with Crippen LogP contribution in [0.25, 0.3) is 0 Å². The molecule has 0 saturated carbocycles. The van der Waals surface area contributed by atoms with Crippen molar-refractivity contribution in [3.05, 3.63) is 0 Å². The maximum Gasteiger partial charge on any atom is 0.322 e. The van der Waals surface area contributed by atoms with Gasteiger partial charge in [-0.3, -0.25) is 0 Å². The van der Waals surface area contributed by atoms with Crippen molar-refractivity contribution >= 4 is 11.9 Å². The fraction of sp³-hybridized carbons (Fsp3) is 0.727. The Hall–Kier alpha value is -1.63. The van der Waals surface area contributed by atoms with E-state index in [-0.39, 0.29) is 12.0 Å². The van der Waals surface area contributed by atoms with E-state index in [9.17, 15) is 0 Å². The molecule has 7 heteroatoms. The molecule has 0 aliphatic heterocycles. The molecule has 1 aromatic heterocycles. The van der Waals surface area contributed by atoms with Crippen LogP contribution in [0.5, 0.6) is 6.01 Å². The second-order valence-corrected chi connectivity index (χ2v) is 3.81. The van der Waals surface area contributed by atoms with E-state index in [1.807, 2.05) is 0 Å². The Labute approximate surface area is 108 Å². The SMILES string of the molecule is CCN(CC)CCCNc1nc(N)nc(OC)n1. The molecule has 0 aliphatic carbocycles. The molecule has 7 nitrogen and oxygen atoms in total. The van der Waals surface area contributed by atoms with Gasteiger partial charge in [-0.25, -0.2) is 0 Å². The number of nitrogen functional groups attached to an aromatic ring is 1. The summed E-state index contributed by atoms with van der Waals surface area (Å²) in [5, 5.41) is 3.11. The minimum Gasteiger partial charge on any atom is -0.467 e. The van der Waals surface area contributed by atoms with Crippen molar-refractivity contribution in [1.29, 1.82) is 0 Å². The van der Waals surface area contributed by atoms with Crippen molar-refractivity contribution in [3.8, 4) is 6.01 Å².